The number of nitrogens with zero attached hydrogens (tertiary/aromatic N) is 1. The molecule has 2 N–H and O–H groups in total. The zero-order valence-electron chi connectivity index (χ0n) is 17.8. The van der Waals surface area contributed by atoms with Gasteiger partial charge in [-0.2, -0.15) is 8.78 Å². The van der Waals surface area contributed by atoms with E-state index in [0.717, 1.165) is 25.7 Å². The van der Waals surface area contributed by atoms with Gasteiger partial charge in [-0.3, -0.25) is 14.6 Å². The molecule has 0 bridgehead atoms. The molecule has 11 heteroatoms. The molecule has 0 aliphatic heterocycles. The maximum atomic E-state index is 12.6. The highest BCUT2D eigenvalue weighted by atomic mass is 35.5. The minimum absolute atomic E-state index is 0.0803. The van der Waals surface area contributed by atoms with E-state index in [2.05, 4.69) is 15.0 Å². The molecule has 1 heterocycles. The highest BCUT2D eigenvalue weighted by Crippen LogP contribution is 2.35. The Kier molecular flexibility index (Phi) is 10.6. The first kappa shape index (κ1) is 26.6. The number of benzene rings is 1. The van der Waals surface area contributed by atoms with Crippen molar-refractivity contribution in [1.29, 1.82) is 0 Å². The number of unbranched alkanes of at least 4 members (excludes halogenated alkanes) is 1. The van der Waals surface area contributed by atoms with Crippen LogP contribution in [-0.2, 0) is 4.79 Å². The van der Waals surface area contributed by atoms with Crippen molar-refractivity contribution in [2.45, 2.75) is 45.6 Å². The van der Waals surface area contributed by atoms with Crippen molar-refractivity contribution >= 4 is 40.8 Å². The average Bonchev–Trinajstić information content (AvgIpc) is 3.58. The summed E-state index contributed by atoms with van der Waals surface area (Å²) in [5, 5.41) is 11.0. The second-order valence-electron chi connectivity index (χ2n) is 7.22. The number of hydrogen-bond donors (Lipinski definition) is 2. The van der Waals surface area contributed by atoms with Crippen LogP contribution in [0.2, 0.25) is 10.0 Å². The third-order valence-corrected chi connectivity index (χ3v) is 5.00. The normalized spacial score (nSPS) is 12.5. The van der Waals surface area contributed by atoms with Gasteiger partial charge in [0.25, 0.3) is 5.91 Å². The fraction of sp³-hybridized carbons (Fsp3) is 0.409. The molecule has 1 amide bonds. The van der Waals surface area contributed by atoms with Crippen molar-refractivity contribution in [2.75, 3.05) is 11.9 Å². The lowest BCUT2D eigenvalue weighted by Crippen LogP contribution is -2.14. The standard InChI is InChI=1S/C17H14Cl2F2N2O3.C5H10O2/c18-11-6-22-7-12(19)15(11)23-16(24)10-3-4-13(26-17(20)21)14(5-10)25-8-9-1-2-9;1-2-3-4-5(6)7/h3-7,9,17H,1-2,8H2,(H,22,23,24);2-4H2,1H3,(H,6,7). The number of halogens is 4. The lowest BCUT2D eigenvalue weighted by Gasteiger charge is -2.14. The van der Waals surface area contributed by atoms with Crippen molar-refractivity contribution in [3.05, 3.63) is 46.2 Å². The summed E-state index contributed by atoms with van der Waals surface area (Å²) in [6.07, 6.45) is 6.83. The lowest BCUT2D eigenvalue weighted by atomic mass is 10.2. The van der Waals surface area contributed by atoms with Crippen molar-refractivity contribution in [1.82, 2.24) is 4.98 Å². The van der Waals surface area contributed by atoms with E-state index >= 15 is 0 Å². The van der Waals surface area contributed by atoms with E-state index in [1.807, 2.05) is 6.92 Å². The number of aliphatic carboxylic acids is 1. The summed E-state index contributed by atoms with van der Waals surface area (Å²) in [7, 11) is 0. The van der Waals surface area contributed by atoms with E-state index in [1.54, 1.807) is 0 Å². The molecule has 0 atom stereocenters. The number of ether oxygens (including phenoxy) is 2. The van der Waals surface area contributed by atoms with Crippen LogP contribution in [0.3, 0.4) is 0 Å². The number of aromatic nitrogens is 1. The predicted octanol–water partition coefficient (Wildman–Crippen LogP) is 6.29. The van der Waals surface area contributed by atoms with E-state index in [9.17, 15) is 18.4 Å². The molecule has 1 aliphatic rings. The first-order chi connectivity index (χ1) is 15.7. The second kappa shape index (κ2) is 13.2. The average molecular weight is 505 g/mol. The molecule has 7 nitrogen and oxygen atoms in total. The fourth-order valence-electron chi connectivity index (χ4n) is 2.49. The summed E-state index contributed by atoms with van der Waals surface area (Å²) < 4.78 is 35.1. The smallest absolute Gasteiger partial charge is 0.387 e. The molecular weight excluding hydrogens is 481 g/mol. The van der Waals surface area contributed by atoms with Crippen LogP contribution in [-0.4, -0.2) is 35.2 Å². The van der Waals surface area contributed by atoms with Gasteiger partial charge in [-0.1, -0.05) is 36.5 Å². The van der Waals surface area contributed by atoms with Gasteiger partial charge in [0.1, 0.15) is 0 Å². The van der Waals surface area contributed by atoms with Crippen molar-refractivity contribution < 1.29 is 33.0 Å². The van der Waals surface area contributed by atoms with Crippen molar-refractivity contribution in [3.8, 4) is 11.5 Å². The zero-order valence-corrected chi connectivity index (χ0v) is 19.3. The van der Waals surface area contributed by atoms with Crippen LogP contribution < -0.4 is 14.8 Å². The first-order valence-electron chi connectivity index (χ1n) is 10.2. The van der Waals surface area contributed by atoms with Crippen LogP contribution in [0.1, 0.15) is 49.4 Å². The number of hydrogen-bond acceptors (Lipinski definition) is 5. The van der Waals surface area contributed by atoms with Gasteiger partial charge in [-0.25, -0.2) is 0 Å². The Bertz CT molecular complexity index is 938. The Morgan fingerprint density at radius 3 is 2.39 bits per heavy atom. The molecule has 3 rings (SSSR count). The quantitative estimate of drug-likeness (QED) is 0.394. The molecule has 180 valence electrons. The van der Waals surface area contributed by atoms with Crippen molar-refractivity contribution in [3.63, 3.8) is 0 Å². The number of anilines is 1. The van der Waals surface area contributed by atoms with E-state index in [4.69, 9.17) is 33.0 Å². The van der Waals surface area contributed by atoms with Gasteiger partial charge in [0.05, 0.1) is 22.3 Å². The minimum atomic E-state index is -2.99. The summed E-state index contributed by atoms with van der Waals surface area (Å²) >= 11 is 12.0. The topological polar surface area (TPSA) is 97.8 Å². The van der Waals surface area contributed by atoms with Crippen LogP contribution in [0, 0.1) is 5.92 Å². The number of carbonyl (C=O) groups excluding carboxylic acids is 1. The van der Waals surface area contributed by atoms with Crippen LogP contribution >= 0.6 is 23.2 Å². The molecule has 1 saturated carbocycles. The molecule has 0 spiro atoms. The van der Waals surface area contributed by atoms with E-state index in [0.29, 0.717) is 18.9 Å². The fourth-order valence-corrected chi connectivity index (χ4v) is 2.95. The van der Waals surface area contributed by atoms with E-state index < -0.39 is 18.5 Å². The van der Waals surface area contributed by atoms with Gasteiger partial charge in [0, 0.05) is 24.4 Å². The number of amides is 1. The molecule has 0 unspecified atom stereocenters. The van der Waals surface area contributed by atoms with Gasteiger partial charge in [-0.05, 0) is 43.4 Å². The number of carboxylic acid groups (broad SMARTS) is 1. The lowest BCUT2D eigenvalue weighted by molar-refractivity contribution is -0.137. The second-order valence-corrected chi connectivity index (χ2v) is 8.04. The van der Waals surface area contributed by atoms with E-state index in [1.165, 1.54) is 30.6 Å². The Hall–Kier alpha value is -2.65. The summed E-state index contributed by atoms with van der Waals surface area (Å²) in [6, 6.07) is 3.96. The third kappa shape index (κ3) is 9.39. The number of carbonyl (C=O) groups is 2. The summed E-state index contributed by atoms with van der Waals surface area (Å²) in [5.74, 6) is -0.864. The monoisotopic (exact) mass is 504 g/mol. The number of carboxylic acids is 1. The van der Waals surface area contributed by atoms with Gasteiger partial charge in [0.2, 0.25) is 0 Å². The SMILES string of the molecule is CCCCC(=O)O.O=C(Nc1c(Cl)cncc1Cl)c1ccc(OC(F)F)c(OCC2CC2)c1. The Morgan fingerprint density at radius 1 is 1.21 bits per heavy atom. The maximum absolute atomic E-state index is 12.6. The maximum Gasteiger partial charge on any atom is 0.387 e. The Morgan fingerprint density at radius 2 is 1.88 bits per heavy atom. The van der Waals surface area contributed by atoms with Gasteiger partial charge >= 0.3 is 12.6 Å². The largest absolute Gasteiger partial charge is 0.489 e. The number of alkyl halides is 2. The van der Waals surface area contributed by atoms with Crippen LogP contribution in [0.4, 0.5) is 14.5 Å². The Balaban J connectivity index is 0.000000479. The van der Waals surface area contributed by atoms with Crippen LogP contribution in [0.5, 0.6) is 11.5 Å². The van der Waals surface area contributed by atoms with Crippen molar-refractivity contribution in [2.24, 2.45) is 5.92 Å². The highest BCUT2D eigenvalue weighted by Gasteiger charge is 2.23. The summed E-state index contributed by atoms with van der Waals surface area (Å²) in [6.45, 7) is -0.636. The first-order valence-corrected chi connectivity index (χ1v) is 11.0. The minimum Gasteiger partial charge on any atom is -0.489 e. The molecule has 1 aromatic carbocycles. The molecule has 1 aromatic heterocycles. The summed E-state index contributed by atoms with van der Waals surface area (Å²) in [4.78, 5) is 26.0. The number of nitrogens with one attached hydrogen (secondary N) is 1. The zero-order chi connectivity index (χ0) is 24.4. The molecule has 0 radical (unpaired) electrons. The molecule has 1 aliphatic carbocycles. The third-order valence-electron chi connectivity index (χ3n) is 4.43. The number of rotatable bonds is 10. The number of pyridine rings is 1. The molecule has 33 heavy (non-hydrogen) atoms. The predicted molar refractivity (Wildman–Crippen MR) is 121 cm³/mol. The van der Waals surface area contributed by atoms with Crippen LogP contribution in [0.15, 0.2) is 30.6 Å². The van der Waals surface area contributed by atoms with Gasteiger partial charge in [0.15, 0.2) is 11.5 Å². The molecule has 1 fully saturated rings. The highest BCUT2D eigenvalue weighted by molar-refractivity contribution is 6.39. The molecular formula is C22H24Cl2F2N2O5. The van der Waals surface area contributed by atoms with Gasteiger partial charge < -0.3 is 19.9 Å². The summed E-state index contributed by atoms with van der Waals surface area (Å²) in [5.41, 5.74) is 0.392. The van der Waals surface area contributed by atoms with E-state index in [-0.39, 0.29) is 32.8 Å². The Labute approximate surface area is 200 Å². The van der Waals surface area contributed by atoms with Crippen LogP contribution in [0.25, 0.3) is 0 Å². The molecule has 0 saturated heterocycles. The molecule has 2 aromatic rings. The van der Waals surface area contributed by atoms with Gasteiger partial charge in [-0.15, -0.1) is 0 Å².